The number of hydrogen-bond acceptors (Lipinski definition) is 3. The molecule has 0 rings (SSSR count). The summed E-state index contributed by atoms with van der Waals surface area (Å²) in [5.41, 5.74) is 2.05. The Bertz CT molecular complexity index is 277. The van der Waals surface area contributed by atoms with Crippen molar-refractivity contribution in [3.05, 3.63) is 18.4 Å². The van der Waals surface area contributed by atoms with Gasteiger partial charge >= 0.3 is 5.97 Å². The molecule has 0 fully saturated rings. The summed E-state index contributed by atoms with van der Waals surface area (Å²) in [5, 5.41) is 0. The van der Waals surface area contributed by atoms with E-state index >= 15 is 0 Å². The van der Waals surface area contributed by atoms with Gasteiger partial charge in [-0.1, -0.05) is 6.58 Å². The van der Waals surface area contributed by atoms with Gasteiger partial charge in [0.05, 0.1) is 6.10 Å². The second-order valence-electron chi connectivity index (χ2n) is 3.93. The normalized spacial score (nSPS) is 15.7. The minimum absolute atomic E-state index is 0.167. The molecule has 0 bridgehead atoms. The highest BCUT2D eigenvalue weighted by molar-refractivity contribution is 5.66. The van der Waals surface area contributed by atoms with Crippen molar-refractivity contribution in [1.29, 1.82) is 0 Å². The van der Waals surface area contributed by atoms with E-state index in [0.29, 0.717) is 12.8 Å². The zero-order valence-electron chi connectivity index (χ0n) is 9.58. The van der Waals surface area contributed by atoms with E-state index in [1.54, 1.807) is 13.0 Å². The zero-order chi connectivity index (χ0) is 11.9. The highest BCUT2D eigenvalue weighted by Crippen LogP contribution is 2.23. The molecule has 2 atom stereocenters. The first-order valence-corrected chi connectivity index (χ1v) is 4.94. The minimum atomic E-state index is -0.559. The fourth-order valence-corrected chi connectivity index (χ4v) is 1.25. The van der Waals surface area contributed by atoms with Gasteiger partial charge < -0.3 is 9.53 Å². The first-order valence-electron chi connectivity index (χ1n) is 4.94. The predicted octanol–water partition coefficient (Wildman–Crippen LogP) is 2.26. The molecule has 0 N–H and O–H groups in total. The number of hydrogen-bond donors (Lipinski definition) is 0. The quantitative estimate of drug-likeness (QED) is 0.383. The monoisotopic (exact) mass is 210 g/mol. The highest BCUT2D eigenvalue weighted by Gasteiger charge is 2.21. The van der Waals surface area contributed by atoms with Gasteiger partial charge in [0, 0.05) is 12.3 Å². The molecule has 15 heavy (non-hydrogen) atoms. The molecular formula is C12H18O3. The van der Waals surface area contributed by atoms with E-state index in [2.05, 4.69) is 12.3 Å². The van der Waals surface area contributed by atoms with Crippen molar-refractivity contribution < 1.29 is 14.3 Å². The van der Waals surface area contributed by atoms with Gasteiger partial charge in [0.25, 0.3) is 0 Å². The summed E-state index contributed by atoms with van der Waals surface area (Å²) in [7, 11) is 0. The molecule has 84 valence electrons. The van der Waals surface area contributed by atoms with Crippen LogP contribution in [-0.4, -0.2) is 18.4 Å². The summed E-state index contributed by atoms with van der Waals surface area (Å²) in [4.78, 5) is 21.5. The van der Waals surface area contributed by atoms with Crippen molar-refractivity contribution in [2.24, 2.45) is 5.41 Å². The summed E-state index contributed by atoms with van der Waals surface area (Å²) >= 11 is 0. The lowest BCUT2D eigenvalue weighted by molar-refractivity contribution is -0.145. The van der Waals surface area contributed by atoms with Crippen molar-refractivity contribution in [2.45, 2.75) is 39.7 Å². The number of allylic oxidation sites excluding steroid dienone is 1. The summed E-state index contributed by atoms with van der Waals surface area (Å²) in [6.07, 6.45) is 3.60. The Kier molecular flexibility index (Phi) is 5.65. The second kappa shape index (κ2) is 6.20. The molecule has 0 saturated carbocycles. The molecule has 0 aliphatic heterocycles. The summed E-state index contributed by atoms with van der Waals surface area (Å²) in [6.45, 7) is 8.43. The average molecular weight is 210 g/mol. The van der Waals surface area contributed by atoms with Crippen LogP contribution in [0.1, 0.15) is 33.6 Å². The third kappa shape index (κ3) is 5.87. The minimum Gasteiger partial charge on any atom is -0.463 e. The predicted molar refractivity (Wildman–Crippen MR) is 58.3 cm³/mol. The van der Waals surface area contributed by atoms with Crippen LogP contribution < -0.4 is 0 Å². The molecule has 0 aromatic rings. The van der Waals surface area contributed by atoms with Crippen LogP contribution in [0.3, 0.4) is 0 Å². The van der Waals surface area contributed by atoms with Gasteiger partial charge in [-0.05, 0) is 32.8 Å². The number of carbonyl (C=O) groups is 2. The number of rotatable bonds is 6. The van der Waals surface area contributed by atoms with E-state index in [0.717, 1.165) is 6.29 Å². The van der Waals surface area contributed by atoms with Gasteiger partial charge in [0.2, 0.25) is 0 Å². The Morgan fingerprint density at radius 3 is 2.67 bits per heavy atom. The first kappa shape index (κ1) is 13.7. The Morgan fingerprint density at radius 2 is 2.27 bits per heavy atom. The molecule has 3 heteroatoms. The molecule has 2 unspecified atom stereocenters. The number of esters is 1. The average Bonchev–Trinajstić information content (AvgIpc) is 2.14. The van der Waals surface area contributed by atoms with E-state index in [1.165, 1.54) is 6.92 Å². The van der Waals surface area contributed by atoms with Gasteiger partial charge in [-0.25, -0.2) is 0 Å². The largest absolute Gasteiger partial charge is 0.463 e. The summed E-state index contributed by atoms with van der Waals surface area (Å²) < 4.78 is 4.96. The maximum absolute atomic E-state index is 10.8. The van der Waals surface area contributed by atoms with E-state index in [-0.39, 0.29) is 12.1 Å². The lowest BCUT2D eigenvalue weighted by Crippen LogP contribution is -2.19. The van der Waals surface area contributed by atoms with Crippen molar-refractivity contribution in [2.75, 3.05) is 0 Å². The van der Waals surface area contributed by atoms with Crippen molar-refractivity contribution in [3.8, 4) is 0 Å². The molecule has 0 aliphatic rings. The number of ether oxygens (including phenoxy) is 1. The Morgan fingerprint density at radius 1 is 1.67 bits per heavy atom. The van der Waals surface area contributed by atoms with Crippen LogP contribution in [0.25, 0.3) is 0 Å². The van der Waals surface area contributed by atoms with E-state index in [4.69, 9.17) is 4.74 Å². The molecule has 3 nitrogen and oxygen atoms in total. The molecule has 0 aromatic carbocycles. The van der Waals surface area contributed by atoms with Crippen LogP contribution in [0.4, 0.5) is 0 Å². The van der Waals surface area contributed by atoms with E-state index < -0.39 is 5.41 Å². The number of carbonyl (C=O) groups excluding carboxylic acids is 2. The maximum Gasteiger partial charge on any atom is 0.302 e. The molecular weight excluding hydrogens is 192 g/mol. The third-order valence-corrected chi connectivity index (χ3v) is 2.16. The topological polar surface area (TPSA) is 43.4 Å². The van der Waals surface area contributed by atoms with Gasteiger partial charge in [-0.2, -0.15) is 0 Å². The van der Waals surface area contributed by atoms with Crippen LogP contribution in [0.2, 0.25) is 0 Å². The third-order valence-electron chi connectivity index (χ3n) is 2.16. The fraction of sp³-hybridized carbons (Fsp3) is 0.583. The summed E-state index contributed by atoms with van der Waals surface area (Å²) in [6, 6.07) is 0. The van der Waals surface area contributed by atoms with Crippen molar-refractivity contribution in [3.63, 3.8) is 0 Å². The van der Waals surface area contributed by atoms with Gasteiger partial charge in [-0.15, -0.1) is 5.73 Å². The molecule has 0 heterocycles. The highest BCUT2D eigenvalue weighted by atomic mass is 16.5. The lowest BCUT2D eigenvalue weighted by Gasteiger charge is -2.20. The van der Waals surface area contributed by atoms with Gasteiger partial charge in [0.15, 0.2) is 0 Å². The van der Waals surface area contributed by atoms with E-state index in [1.807, 2.05) is 6.92 Å². The molecule has 0 saturated heterocycles. The van der Waals surface area contributed by atoms with Crippen LogP contribution in [-0.2, 0) is 14.3 Å². The molecule has 0 radical (unpaired) electrons. The van der Waals surface area contributed by atoms with Crippen LogP contribution in [0.5, 0.6) is 0 Å². The first-order chi connectivity index (χ1) is 6.93. The summed E-state index contributed by atoms with van der Waals surface area (Å²) in [5.74, 6) is -0.297. The van der Waals surface area contributed by atoms with Gasteiger partial charge in [0.1, 0.15) is 6.29 Å². The fourth-order valence-electron chi connectivity index (χ4n) is 1.25. The van der Waals surface area contributed by atoms with Crippen molar-refractivity contribution >= 4 is 12.3 Å². The Hall–Kier alpha value is -1.34. The van der Waals surface area contributed by atoms with Crippen molar-refractivity contribution in [1.82, 2.24) is 0 Å². The zero-order valence-corrected chi connectivity index (χ0v) is 9.58. The maximum atomic E-state index is 10.8. The van der Waals surface area contributed by atoms with Gasteiger partial charge in [-0.3, -0.25) is 4.79 Å². The number of aldehydes is 1. The van der Waals surface area contributed by atoms with Crippen LogP contribution in [0.15, 0.2) is 18.4 Å². The smallest absolute Gasteiger partial charge is 0.302 e. The second-order valence-corrected chi connectivity index (χ2v) is 3.93. The van der Waals surface area contributed by atoms with E-state index in [9.17, 15) is 9.59 Å². The van der Waals surface area contributed by atoms with Crippen LogP contribution in [0, 0.1) is 5.41 Å². The molecule has 0 aliphatic carbocycles. The Balaban J connectivity index is 4.17. The molecule has 0 aromatic heterocycles. The lowest BCUT2D eigenvalue weighted by atomic mass is 9.86. The molecule has 0 spiro atoms. The Labute approximate surface area is 90.8 Å². The van der Waals surface area contributed by atoms with Crippen LogP contribution >= 0.6 is 0 Å². The standard InChI is InChI=1S/C12H18O3/c1-5-7-12(4,9-13)8-6-10(2)15-11(3)14/h7,9-10H,1,6,8H2,2-4H3. The molecule has 0 amide bonds. The SMILES string of the molecule is C=C=CC(C)(C=O)CCC(C)OC(C)=O.